The predicted octanol–water partition coefficient (Wildman–Crippen LogP) is 3.05. The molecule has 0 bridgehead atoms. The number of hydrogen-bond acceptors (Lipinski definition) is 4. The van der Waals surface area contributed by atoms with Gasteiger partial charge in [0.15, 0.2) is 5.69 Å². The molecule has 21 heavy (non-hydrogen) atoms. The molecule has 1 aromatic heterocycles. The molecule has 0 radical (unpaired) electrons. The van der Waals surface area contributed by atoms with Crippen molar-refractivity contribution in [3.8, 4) is 0 Å². The van der Waals surface area contributed by atoms with Crippen molar-refractivity contribution < 1.29 is 13.9 Å². The van der Waals surface area contributed by atoms with Crippen molar-refractivity contribution in [1.82, 2.24) is 9.78 Å². The maximum Gasteiger partial charge on any atom is 0.359 e. The van der Waals surface area contributed by atoms with Crippen LogP contribution in [0.5, 0.6) is 0 Å². The van der Waals surface area contributed by atoms with Crippen LogP contribution >= 0.6 is 15.9 Å². The summed E-state index contributed by atoms with van der Waals surface area (Å²) < 4.78 is 20.2. The summed E-state index contributed by atoms with van der Waals surface area (Å²) in [5.41, 5.74) is 7.69. The van der Waals surface area contributed by atoms with E-state index in [1.807, 2.05) is 6.92 Å². The lowest BCUT2D eigenvalue weighted by Crippen LogP contribution is -2.14. The number of esters is 1. The van der Waals surface area contributed by atoms with Crippen LogP contribution in [0.2, 0.25) is 0 Å². The minimum atomic E-state index is -0.546. The maximum absolute atomic E-state index is 13.1. The Hall–Kier alpha value is -1.89. The van der Waals surface area contributed by atoms with E-state index in [9.17, 15) is 9.18 Å². The Morgan fingerprint density at radius 1 is 1.52 bits per heavy atom. The zero-order valence-corrected chi connectivity index (χ0v) is 13.3. The smallest absolute Gasteiger partial charge is 0.359 e. The van der Waals surface area contributed by atoms with E-state index in [1.165, 1.54) is 10.7 Å². The number of benzene rings is 1. The average molecular weight is 356 g/mol. The van der Waals surface area contributed by atoms with E-state index in [0.717, 1.165) is 0 Å². The van der Waals surface area contributed by atoms with E-state index in [-0.39, 0.29) is 18.1 Å². The highest BCUT2D eigenvalue weighted by molar-refractivity contribution is 9.10. The summed E-state index contributed by atoms with van der Waals surface area (Å²) in [6, 6.07) is 4.43. The fourth-order valence-corrected chi connectivity index (χ4v) is 2.31. The third kappa shape index (κ3) is 3.24. The number of nitrogen functional groups attached to an aromatic ring is 1. The van der Waals surface area contributed by atoms with Crippen molar-refractivity contribution >= 4 is 27.6 Å². The first-order valence-corrected chi connectivity index (χ1v) is 7.17. The topological polar surface area (TPSA) is 70.1 Å². The third-order valence-corrected chi connectivity index (χ3v) is 3.63. The van der Waals surface area contributed by atoms with E-state index in [4.69, 9.17) is 10.5 Å². The number of nitrogens with zero attached hydrogens (tertiary/aromatic N) is 2. The SMILES string of the molecule is CCn1nc(C)c(N)c1C(=O)OCc1ccc(F)c(Br)c1. The van der Waals surface area contributed by atoms with Crippen molar-refractivity contribution in [2.75, 3.05) is 5.73 Å². The van der Waals surface area contributed by atoms with Gasteiger partial charge in [-0.15, -0.1) is 0 Å². The quantitative estimate of drug-likeness (QED) is 0.855. The number of nitrogens with two attached hydrogens (primary N) is 1. The Morgan fingerprint density at radius 2 is 2.24 bits per heavy atom. The zero-order valence-electron chi connectivity index (χ0n) is 11.7. The van der Waals surface area contributed by atoms with Crippen molar-refractivity contribution in [3.63, 3.8) is 0 Å². The first-order valence-electron chi connectivity index (χ1n) is 6.38. The van der Waals surface area contributed by atoms with Crippen LogP contribution in [-0.4, -0.2) is 15.7 Å². The van der Waals surface area contributed by atoms with Gasteiger partial charge in [-0.05, 0) is 47.5 Å². The second kappa shape index (κ2) is 6.26. The third-order valence-electron chi connectivity index (χ3n) is 3.02. The molecule has 112 valence electrons. The van der Waals surface area contributed by atoms with Crippen LogP contribution in [0.25, 0.3) is 0 Å². The van der Waals surface area contributed by atoms with E-state index in [1.54, 1.807) is 19.1 Å². The molecule has 0 aliphatic rings. The van der Waals surface area contributed by atoms with E-state index in [2.05, 4.69) is 21.0 Å². The predicted molar refractivity (Wildman–Crippen MR) is 80.3 cm³/mol. The zero-order chi connectivity index (χ0) is 15.6. The van der Waals surface area contributed by atoms with Crippen LogP contribution in [0, 0.1) is 12.7 Å². The molecule has 1 heterocycles. The maximum atomic E-state index is 13.1. The molecule has 2 aromatic rings. The van der Waals surface area contributed by atoms with Crippen molar-refractivity contribution in [2.45, 2.75) is 27.0 Å². The standard InChI is InChI=1S/C14H15BrFN3O2/c1-3-19-13(12(17)8(2)18-19)14(20)21-7-9-4-5-11(16)10(15)6-9/h4-6H,3,7,17H2,1-2H3. The molecule has 2 rings (SSSR count). The second-order valence-corrected chi connectivity index (χ2v) is 5.34. The van der Waals surface area contributed by atoms with Crippen LogP contribution < -0.4 is 5.73 Å². The van der Waals surface area contributed by atoms with Gasteiger partial charge in [0, 0.05) is 6.54 Å². The lowest BCUT2D eigenvalue weighted by molar-refractivity contribution is 0.0459. The molecule has 0 aliphatic carbocycles. The van der Waals surface area contributed by atoms with Gasteiger partial charge in [0.1, 0.15) is 12.4 Å². The molecule has 0 atom stereocenters. The fourth-order valence-electron chi connectivity index (χ4n) is 1.89. The highest BCUT2D eigenvalue weighted by atomic mass is 79.9. The van der Waals surface area contributed by atoms with E-state index >= 15 is 0 Å². The molecule has 0 saturated heterocycles. The Morgan fingerprint density at radius 3 is 2.86 bits per heavy atom. The average Bonchev–Trinajstić information content (AvgIpc) is 2.75. The lowest BCUT2D eigenvalue weighted by atomic mass is 10.2. The summed E-state index contributed by atoms with van der Waals surface area (Å²) in [7, 11) is 0. The summed E-state index contributed by atoms with van der Waals surface area (Å²) in [6.07, 6.45) is 0. The summed E-state index contributed by atoms with van der Waals surface area (Å²) in [5.74, 6) is -0.913. The summed E-state index contributed by atoms with van der Waals surface area (Å²) in [6.45, 7) is 4.14. The van der Waals surface area contributed by atoms with Crippen molar-refractivity contribution in [3.05, 3.63) is 45.4 Å². The second-order valence-electron chi connectivity index (χ2n) is 4.49. The largest absolute Gasteiger partial charge is 0.456 e. The van der Waals surface area contributed by atoms with Gasteiger partial charge in [-0.2, -0.15) is 5.10 Å². The highest BCUT2D eigenvalue weighted by Gasteiger charge is 2.20. The van der Waals surface area contributed by atoms with Crippen molar-refractivity contribution in [2.24, 2.45) is 0 Å². The molecule has 0 fully saturated rings. The number of ether oxygens (including phenoxy) is 1. The molecule has 0 amide bonds. The molecule has 0 unspecified atom stereocenters. The van der Waals surface area contributed by atoms with Gasteiger partial charge in [0.05, 0.1) is 15.9 Å². The number of aromatic nitrogens is 2. The van der Waals surface area contributed by atoms with Crippen molar-refractivity contribution in [1.29, 1.82) is 0 Å². The van der Waals surface area contributed by atoms with Crippen LogP contribution in [0.1, 0.15) is 28.7 Å². The van der Waals surface area contributed by atoms with Crippen LogP contribution in [0.4, 0.5) is 10.1 Å². The van der Waals surface area contributed by atoms with Gasteiger partial charge < -0.3 is 10.5 Å². The lowest BCUT2D eigenvalue weighted by Gasteiger charge is -2.07. The van der Waals surface area contributed by atoms with Gasteiger partial charge in [-0.3, -0.25) is 4.68 Å². The number of halogens is 2. The summed E-state index contributed by atoms with van der Waals surface area (Å²) >= 11 is 3.09. The fraction of sp³-hybridized carbons (Fsp3) is 0.286. The first kappa shape index (κ1) is 15.5. The molecule has 2 N–H and O–H groups in total. The number of anilines is 1. The Labute approximate surface area is 130 Å². The van der Waals surface area contributed by atoms with Gasteiger partial charge in [-0.25, -0.2) is 9.18 Å². The number of carbonyl (C=O) groups is 1. The molecule has 0 spiro atoms. The van der Waals surface area contributed by atoms with Gasteiger partial charge in [0.2, 0.25) is 0 Å². The van der Waals surface area contributed by atoms with Crippen LogP contribution in [-0.2, 0) is 17.9 Å². The van der Waals surface area contributed by atoms with E-state index < -0.39 is 5.97 Å². The normalized spacial score (nSPS) is 10.7. The van der Waals surface area contributed by atoms with Gasteiger partial charge in [-0.1, -0.05) is 6.07 Å². The number of rotatable bonds is 4. The van der Waals surface area contributed by atoms with Gasteiger partial charge in [0.25, 0.3) is 0 Å². The number of hydrogen-bond donors (Lipinski definition) is 1. The minimum absolute atomic E-state index is 0.0328. The van der Waals surface area contributed by atoms with E-state index in [0.29, 0.717) is 28.0 Å². The molecule has 0 aliphatic heterocycles. The minimum Gasteiger partial charge on any atom is -0.456 e. The van der Waals surface area contributed by atoms with Crippen LogP contribution in [0.15, 0.2) is 22.7 Å². The Kier molecular flexibility index (Phi) is 4.62. The number of carbonyl (C=O) groups excluding carboxylic acids is 1. The van der Waals surface area contributed by atoms with Gasteiger partial charge >= 0.3 is 5.97 Å². The summed E-state index contributed by atoms with van der Waals surface area (Å²) in [4.78, 5) is 12.1. The highest BCUT2D eigenvalue weighted by Crippen LogP contribution is 2.20. The molecule has 7 heteroatoms. The molecular formula is C14H15BrFN3O2. The Balaban J connectivity index is 2.13. The monoisotopic (exact) mass is 355 g/mol. The molecule has 0 saturated carbocycles. The number of aryl methyl sites for hydroxylation is 2. The molecule has 5 nitrogen and oxygen atoms in total. The summed E-state index contributed by atoms with van der Waals surface area (Å²) in [5, 5.41) is 4.16. The first-order chi connectivity index (χ1) is 9.93. The molecule has 1 aromatic carbocycles. The molecular weight excluding hydrogens is 341 g/mol. The van der Waals surface area contributed by atoms with Crippen LogP contribution in [0.3, 0.4) is 0 Å². The Bertz CT molecular complexity index is 685.